The Balaban J connectivity index is 1.85. The first-order valence-electron chi connectivity index (χ1n) is 6.31. The van der Waals surface area contributed by atoms with Crippen molar-refractivity contribution in [2.75, 3.05) is 25.1 Å². The van der Waals surface area contributed by atoms with E-state index in [2.05, 4.69) is 15.3 Å². The number of aromatic nitrogens is 2. The van der Waals surface area contributed by atoms with Crippen LogP contribution in [0.2, 0.25) is 0 Å². The normalized spacial score (nSPS) is 20.9. The first kappa shape index (κ1) is 15.0. The molecule has 2 unspecified atom stereocenters. The van der Waals surface area contributed by atoms with E-state index in [0.29, 0.717) is 19.8 Å². The predicted molar refractivity (Wildman–Crippen MR) is 65.3 cm³/mol. The van der Waals surface area contributed by atoms with Crippen LogP contribution in [0.5, 0.6) is 0 Å². The average molecular weight is 291 g/mol. The number of ether oxygens (including phenoxy) is 2. The van der Waals surface area contributed by atoms with Crippen molar-refractivity contribution >= 4 is 5.95 Å². The van der Waals surface area contributed by atoms with Crippen molar-refractivity contribution in [3.8, 4) is 0 Å². The highest BCUT2D eigenvalue weighted by Gasteiger charge is 2.32. The molecule has 1 N–H and O–H groups in total. The van der Waals surface area contributed by atoms with Crippen molar-refractivity contribution in [1.82, 2.24) is 9.97 Å². The fourth-order valence-electron chi connectivity index (χ4n) is 1.77. The first-order chi connectivity index (χ1) is 9.45. The molecule has 0 aromatic carbocycles. The minimum absolute atomic E-state index is 0.0569. The van der Waals surface area contributed by atoms with E-state index in [9.17, 15) is 13.2 Å². The first-order valence-corrected chi connectivity index (χ1v) is 6.31. The second-order valence-electron chi connectivity index (χ2n) is 4.63. The van der Waals surface area contributed by atoms with Gasteiger partial charge in [-0.1, -0.05) is 0 Å². The highest BCUT2D eigenvalue weighted by molar-refractivity contribution is 5.27. The monoisotopic (exact) mass is 291 g/mol. The summed E-state index contributed by atoms with van der Waals surface area (Å²) < 4.78 is 48.2. The molecule has 112 valence electrons. The number of halogens is 3. The molecule has 5 nitrogen and oxygen atoms in total. The Morgan fingerprint density at radius 2 is 2.35 bits per heavy atom. The fraction of sp³-hybridized carbons (Fsp3) is 0.667. The Kier molecular flexibility index (Phi) is 4.77. The third-order valence-electron chi connectivity index (χ3n) is 2.79. The van der Waals surface area contributed by atoms with E-state index in [-0.39, 0.29) is 18.1 Å². The smallest absolute Gasteiger partial charge is 0.379 e. The summed E-state index contributed by atoms with van der Waals surface area (Å²) >= 11 is 0. The minimum atomic E-state index is -4.47. The van der Waals surface area contributed by atoms with Gasteiger partial charge in [0.05, 0.1) is 19.3 Å². The maximum Gasteiger partial charge on any atom is 0.433 e. The van der Waals surface area contributed by atoms with Gasteiger partial charge in [-0.25, -0.2) is 9.97 Å². The molecular weight excluding hydrogens is 275 g/mol. The van der Waals surface area contributed by atoms with Crippen LogP contribution in [0.15, 0.2) is 12.3 Å². The highest BCUT2D eigenvalue weighted by Crippen LogP contribution is 2.27. The van der Waals surface area contributed by atoms with E-state index >= 15 is 0 Å². The summed E-state index contributed by atoms with van der Waals surface area (Å²) in [6.45, 7) is 3.39. The Morgan fingerprint density at radius 1 is 1.55 bits per heavy atom. The second kappa shape index (κ2) is 6.36. The van der Waals surface area contributed by atoms with Crippen LogP contribution >= 0.6 is 0 Å². The molecule has 2 rings (SSSR count). The molecule has 2 heterocycles. The maximum atomic E-state index is 12.5. The summed E-state index contributed by atoms with van der Waals surface area (Å²) in [5.41, 5.74) is -0.965. The molecule has 0 radical (unpaired) electrons. The quantitative estimate of drug-likeness (QED) is 0.900. The summed E-state index contributed by atoms with van der Waals surface area (Å²) in [4.78, 5) is 7.21. The van der Waals surface area contributed by atoms with E-state index in [1.165, 1.54) is 0 Å². The zero-order valence-electron chi connectivity index (χ0n) is 11.0. The van der Waals surface area contributed by atoms with Crippen LogP contribution in [0.3, 0.4) is 0 Å². The number of alkyl halides is 3. The second-order valence-corrected chi connectivity index (χ2v) is 4.63. The van der Waals surface area contributed by atoms with Gasteiger partial charge < -0.3 is 14.8 Å². The molecule has 0 aliphatic carbocycles. The zero-order valence-corrected chi connectivity index (χ0v) is 11.0. The van der Waals surface area contributed by atoms with Crippen molar-refractivity contribution in [3.05, 3.63) is 18.0 Å². The topological polar surface area (TPSA) is 56.3 Å². The van der Waals surface area contributed by atoms with Gasteiger partial charge >= 0.3 is 6.18 Å². The van der Waals surface area contributed by atoms with Crippen molar-refractivity contribution < 1.29 is 22.6 Å². The number of nitrogens with one attached hydrogen (secondary N) is 1. The lowest BCUT2D eigenvalue weighted by Gasteiger charge is -2.17. The standard InChI is InChI=1S/C12H16F3N3O2/c1-8(6-20-9-3-5-19-7-9)17-11-16-4-2-10(18-11)12(13,14)15/h2,4,8-9H,3,5-7H2,1H3,(H,16,17,18). The van der Waals surface area contributed by atoms with Gasteiger partial charge in [0.25, 0.3) is 0 Å². The van der Waals surface area contributed by atoms with Crippen molar-refractivity contribution in [2.45, 2.75) is 31.7 Å². The van der Waals surface area contributed by atoms with Gasteiger partial charge in [-0.15, -0.1) is 0 Å². The number of nitrogens with zero attached hydrogens (tertiary/aromatic N) is 2. The molecule has 0 saturated carbocycles. The Labute approximate surface area is 114 Å². The van der Waals surface area contributed by atoms with Gasteiger partial charge in [-0.3, -0.25) is 0 Å². The SMILES string of the molecule is CC(COC1CCOC1)Nc1nccc(C(F)(F)F)n1. The largest absolute Gasteiger partial charge is 0.433 e. The molecule has 0 amide bonds. The predicted octanol–water partition coefficient (Wildman–Crippen LogP) is 2.10. The summed E-state index contributed by atoms with van der Waals surface area (Å²) in [6.07, 6.45) is -2.49. The third-order valence-corrected chi connectivity index (χ3v) is 2.79. The van der Waals surface area contributed by atoms with Gasteiger partial charge in [-0.05, 0) is 19.4 Å². The molecule has 1 aromatic rings. The van der Waals surface area contributed by atoms with E-state index in [4.69, 9.17) is 9.47 Å². The van der Waals surface area contributed by atoms with E-state index in [1.807, 2.05) is 0 Å². The summed E-state index contributed by atoms with van der Waals surface area (Å²) in [5, 5.41) is 2.79. The van der Waals surface area contributed by atoms with Crippen LogP contribution in [-0.2, 0) is 15.7 Å². The van der Waals surface area contributed by atoms with Crippen molar-refractivity contribution in [1.29, 1.82) is 0 Å². The van der Waals surface area contributed by atoms with Gasteiger partial charge in [0.15, 0.2) is 0 Å². The average Bonchev–Trinajstić information content (AvgIpc) is 2.89. The summed E-state index contributed by atoms with van der Waals surface area (Å²) in [7, 11) is 0. The van der Waals surface area contributed by atoms with Gasteiger partial charge in [0, 0.05) is 18.8 Å². The molecule has 1 aromatic heterocycles. The van der Waals surface area contributed by atoms with Crippen LogP contribution < -0.4 is 5.32 Å². The van der Waals surface area contributed by atoms with Crippen molar-refractivity contribution in [3.63, 3.8) is 0 Å². The Bertz CT molecular complexity index is 436. The molecule has 1 aliphatic heterocycles. The van der Waals surface area contributed by atoms with Crippen LogP contribution in [0.25, 0.3) is 0 Å². The maximum absolute atomic E-state index is 12.5. The molecule has 0 bridgehead atoms. The van der Waals surface area contributed by atoms with Crippen LogP contribution in [0.4, 0.5) is 19.1 Å². The lowest BCUT2D eigenvalue weighted by Crippen LogP contribution is -2.27. The van der Waals surface area contributed by atoms with E-state index in [0.717, 1.165) is 18.7 Å². The van der Waals surface area contributed by atoms with Crippen LogP contribution in [0, 0.1) is 0 Å². The van der Waals surface area contributed by atoms with Crippen LogP contribution in [0.1, 0.15) is 19.0 Å². The number of hydrogen-bond donors (Lipinski definition) is 1. The number of anilines is 1. The molecule has 1 fully saturated rings. The minimum Gasteiger partial charge on any atom is -0.379 e. The summed E-state index contributed by atoms with van der Waals surface area (Å²) in [5.74, 6) is -0.0569. The molecule has 2 atom stereocenters. The van der Waals surface area contributed by atoms with E-state index in [1.54, 1.807) is 6.92 Å². The molecule has 1 saturated heterocycles. The molecule has 0 spiro atoms. The zero-order chi connectivity index (χ0) is 14.6. The lowest BCUT2D eigenvalue weighted by atomic mass is 10.3. The van der Waals surface area contributed by atoms with Gasteiger partial charge in [0.2, 0.25) is 5.95 Å². The molecule has 20 heavy (non-hydrogen) atoms. The van der Waals surface area contributed by atoms with Crippen molar-refractivity contribution in [2.24, 2.45) is 0 Å². The fourth-order valence-corrected chi connectivity index (χ4v) is 1.77. The van der Waals surface area contributed by atoms with E-state index < -0.39 is 11.9 Å². The lowest BCUT2D eigenvalue weighted by molar-refractivity contribution is -0.141. The van der Waals surface area contributed by atoms with Gasteiger partial charge in [-0.2, -0.15) is 13.2 Å². The Morgan fingerprint density at radius 3 is 3.00 bits per heavy atom. The highest BCUT2D eigenvalue weighted by atomic mass is 19.4. The molecule has 1 aliphatic rings. The molecule has 8 heteroatoms. The molecular formula is C12H16F3N3O2. The number of hydrogen-bond acceptors (Lipinski definition) is 5. The third kappa shape index (κ3) is 4.31. The number of rotatable bonds is 5. The summed E-state index contributed by atoms with van der Waals surface area (Å²) in [6, 6.07) is 0.640. The van der Waals surface area contributed by atoms with Crippen LogP contribution in [-0.4, -0.2) is 41.9 Å². The Hall–Kier alpha value is -1.41. The van der Waals surface area contributed by atoms with Gasteiger partial charge in [0.1, 0.15) is 5.69 Å².